The Labute approximate surface area is 228 Å². The number of phenolic OH excluding ortho intramolecular Hbond substituents is 1. The average molecular weight is 527 g/mol. The van der Waals surface area contributed by atoms with Crippen molar-refractivity contribution in [1.82, 2.24) is 25.1 Å². The van der Waals surface area contributed by atoms with Crippen molar-refractivity contribution < 1.29 is 9.84 Å². The maximum absolute atomic E-state index is 10.3. The second-order valence-electron chi connectivity index (χ2n) is 10.5. The number of para-hydroxylation sites is 1. The minimum atomic E-state index is 0.165. The Morgan fingerprint density at radius 2 is 1.87 bits per heavy atom. The molecule has 3 aliphatic heterocycles. The molecule has 3 atom stereocenters. The van der Waals surface area contributed by atoms with Crippen LogP contribution in [0.2, 0.25) is 0 Å². The molecule has 0 radical (unpaired) electrons. The lowest BCUT2D eigenvalue weighted by molar-refractivity contribution is -0.00743. The molecular formula is C29H34N8O2. The number of hydrogen-bond acceptors (Lipinski definition) is 10. The fourth-order valence-electron chi connectivity index (χ4n) is 5.86. The van der Waals surface area contributed by atoms with E-state index in [1.807, 2.05) is 24.3 Å². The predicted octanol–water partition coefficient (Wildman–Crippen LogP) is 2.54. The van der Waals surface area contributed by atoms with Crippen molar-refractivity contribution in [3.8, 4) is 28.8 Å². The van der Waals surface area contributed by atoms with Gasteiger partial charge in [-0.3, -0.25) is 4.90 Å². The highest BCUT2D eigenvalue weighted by atomic mass is 16.5. The van der Waals surface area contributed by atoms with E-state index in [1.54, 1.807) is 18.3 Å². The lowest BCUT2D eigenvalue weighted by Crippen LogP contribution is -2.45. The van der Waals surface area contributed by atoms with Gasteiger partial charge in [0.1, 0.15) is 11.6 Å². The average Bonchev–Trinajstić information content (AvgIpc) is 3.09. The normalized spacial score (nSPS) is 23.3. The van der Waals surface area contributed by atoms with Gasteiger partial charge in [0.15, 0.2) is 5.82 Å². The molecule has 3 fully saturated rings. The highest BCUT2D eigenvalue weighted by Crippen LogP contribution is 2.32. The van der Waals surface area contributed by atoms with Gasteiger partial charge in [-0.1, -0.05) is 18.1 Å². The molecule has 0 aliphatic carbocycles. The number of fused-ring (bicyclic) bond motifs is 2. The van der Waals surface area contributed by atoms with E-state index in [1.165, 1.54) is 12.8 Å². The van der Waals surface area contributed by atoms with Gasteiger partial charge in [0.05, 0.1) is 31.1 Å². The minimum Gasteiger partial charge on any atom is -0.507 e. The summed E-state index contributed by atoms with van der Waals surface area (Å²) >= 11 is 0. The van der Waals surface area contributed by atoms with Gasteiger partial charge >= 0.3 is 0 Å². The summed E-state index contributed by atoms with van der Waals surface area (Å²) in [6.07, 6.45) is 5.10. The fraction of sp³-hybridized carbons (Fsp3) is 0.448. The number of nitrogens with zero attached hydrogens (tertiary/aromatic N) is 7. The first-order valence-corrected chi connectivity index (χ1v) is 13.7. The van der Waals surface area contributed by atoms with Gasteiger partial charge in [-0.15, -0.1) is 10.2 Å². The van der Waals surface area contributed by atoms with E-state index >= 15 is 0 Å². The Morgan fingerprint density at radius 3 is 2.69 bits per heavy atom. The lowest BCUT2D eigenvalue weighted by atomic mass is 10.1. The summed E-state index contributed by atoms with van der Waals surface area (Å²) in [5, 5.41) is 18.7. The minimum absolute atomic E-state index is 0.165. The number of rotatable bonds is 4. The first-order valence-electron chi connectivity index (χ1n) is 13.7. The molecule has 39 heavy (non-hydrogen) atoms. The van der Waals surface area contributed by atoms with Crippen molar-refractivity contribution in [2.75, 3.05) is 54.9 Å². The van der Waals surface area contributed by atoms with Crippen LogP contribution in [0.15, 0.2) is 42.6 Å². The van der Waals surface area contributed by atoms with Crippen LogP contribution < -0.4 is 15.5 Å². The summed E-state index contributed by atoms with van der Waals surface area (Å²) in [5.74, 6) is 8.48. The Hall–Kier alpha value is -3.94. The second kappa shape index (κ2) is 11.0. The number of ether oxygens (including phenoxy) is 1. The van der Waals surface area contributed by atoms with Crippen molar-refractivity contribution in [1.29, 1.82) is 0 Å². The van der Waals surface area contributed by atoms with Crippen molar-refractivity contribution in [2.45, 2.75) is 44.3 Å². The molecule has 1 aromatic carbocycles. The molecule has 3 saturated heterocycles. The van der Waals surface area contributed by atoms with E-state index in [2.05, 4.69) is 48.6 Å². The number of phenols is 1. The van der Waals surface area contributed by atoms with Gasteiger partial charge in [-0.25, -0.2) is 9.97 Å². The van der Waals surface area contributed by atoms with E-state index in [0.29, 0.717) is 35.0 Å². The molecule has 0 spiro atoms. The van der Waals surface area contributed by atoms with Crippen molar-refractivity contribution in [3.63, 3.8) is 0 Å². The SMILES string of the molecule is C[C@@H]1CCN(c2cc(-c3ccccc3O)nnc2N)CCN1c1ccnc(C#CCN2C3CCC2COC3)n1. The Bertz CT molecular complexity index is 1370. The van der Waals surface area contributed by atoms with Gasteiger partial charge in [0.25, 0.3) is 0 Å². The van der Waals surface area contributed by atoms with Crippen LogP contribution in [0.5, 0.6) is 5.75 Å². The number of anilines is 3. The molecule has 10 nitrogen and oxygen atoms in total. The van der Waals surface area contributed by atoms with Crippen LogP contribution in [0, 0.1) is 11.8 Å². The van der Waals surface area contributed by atoms with E-state index < -0.39 is 0 Å². The molecule has 2 unspecified atom stereocenters. The summed E-state index contributed by atoms with van der Waals surface area (Å²) < 4.78 is 5.68. The summed E-state index contributed by atoms with van der Waals surface area (Å²) in [4.78, 5) is 16.2. The van der Waals surface area contributed by atoms with Crippen molar-refractivity contribution >= 4 is 17.3 Å². The van der Waals surface area contributed by atoms with Gasteiger partial charge < -0.3 is 25.4 Å². The van der Waals surface area contributed by atoms with E-state index in [-0.39, 0.29) is 11.8 Å². The third kappa shape index (κ3) is 5.33. The van der Waals surface area contributed by atoms with Gasteiger partial charge in [-0.2, -0.15) is 0 Å². The zero-order valence-corrected chi connectivity index (χ0v) is 22.2. The highest BCUT2D eigenvalue weighted by Gasteiger charge is 2.36. The molecule has 3 aliphatic rings. The third-order valence-corrected chi connectivity index (χ3v) is 8.07. The zero-order valence-electron chi connectivity index (χ0n) is 22.2. The quantitative estimate of drug-likeness (QED) is 0.491. The van der Waals surface area contributed by atoms with Crippen LogP contribution in [0.1, 0.15) is 32.0 Å². The van der Waals surface area contributed by atoms with E-state index in [4.69, 9.17) is 15.5 Å². The molecule has 202 valence electrons. The maximum atomic E-state index is 10.3. The molecule has 0 saturated carbocycles. The molecule has 5 heterocycles. The largest absolute Gasteiger partial charge is 0.507 e. The van der Waals surface area contributed by atoms with Crippen LogP contribution >= 0.6 is 0 Å². The second-order valence-corrected chi connectivity index (χ2v) is 10.5. The van der Waals surface area contributed by atoms with Gasteiger partial charge in [0.2, 0.25) is 5.82 Å². The summed E-state index contributed by atoms with van der Waals surface area (Å²) in [6, 6.07) is 12.2. The van der Waals surface area contributed by atoms with Crippen molar-refractivity contribution in [2.24, 2.45) is 0 Å². The lowest BCUT2D eigenvalue weighted by Gasteiger charge is -2.32. The van der Waals surface area contributed by atoms with E-state index in [0.717, 1.165) is 57.3 Å². The number of nitrogens with two attached hydrogens (primary N) is 1. The van der Waals surface area contributed by atoms with Crippen LogP contribution in [0.4, 0.5) is 17.3 Å². The Balaban J connectivity index is 1.16. The number of morpholine rings is 1. The summed E-state index contributed by atoms with van der Waals surface area (Å²) in [5.41, 5.74) is 8.32. The molecule has 2 aromatic heterocycles. The van der Waals surface area contributed by atoms with Crippen LogP contribution in [0.3, 0.4) is 0 Å². The van der Waals surface area contributed by atoms with E-state index in [9.17, 15) is 5.11 Å². The number of nitrogen functional groups attached to an aromatic ring is 1. The fourth-order valence-corrected chi connectivity index (χ4v) is 5.86. The summed E-state index contributed by atoms with van der Waals surface area (Å²) in [7, 11) is 0. The molecule has 3 N–H and O–H groups in total. The predicted molar refractivity (Wildman–Crippen MR) is 150 cm³/mol. The zero-order chi connectivity index (χ0) is 26.8. The molecule has 6 rings (SSSR count). The van der Waals surface area contributed by atoms with Crippen LogP contribution in [-0.2, 0) is 4.74 Å². The number of benzene rings is 1. The topological polar surface area (TPSA) is 117 Å². The van der Waals surface area contributed by atoms with Gasteiger partial charge in [-0.05, 0) is 56.4 Å². The number of aromatic nitrogens is 4. The van der Waals surface area contributed by atoms with Crippen LogP contribution in [0.25, 0.3) is 11.3 Å². The molecule has 3 aromatic rings. The molecule has 0 amide bonds. The molecule has 2 bridgehead atoms. The number of hydrogen-bond donors (Lipinski definition) is 2. The van der Waals surface area contributed by atoms with Gasteiger partial charge in [0, 0.05) is 49.5 Å². The van der Waals surface area contributed by atoms with Crippen LogP contribution in [-0.4, -0.2) is 87.7 Å². The Morgan fingerprint density at radius 1 is 1.05 bits per heavy atom. The Kier molecular flexibility index (Phi) is 7.18. The molecular weight excluding hydrogens is 492 g/mol. The molecule has 10 heteroatoms. The maximum Gasteiger partial charge on any atom is 0.206 e. The summed E-state index contributed by atoms with van der Waals surface area (Å²) in [6.45, 7) is 6.88. The third-order valence-electron chi connectivity index (χ3n) is 8.07. The smallest absolute Gasteiger partial charge is 0.206 e. The monoisotopic (exact) mass is 526 g/mol. The first-order chi connectivity index (χ1) is 19.1. The number of aromatic hydroxyl groups is 1. The first kappa shape index (κ1) is 25.3. The van der Waals surface area contributed by atoms with Crippen molar-refractivity contribution in [3.05, 3.63) is 48.4 Å². The highest BCUT2D eigenvalue weighted by molar-refractivity contribution is 5.74. The standard InChI is InChI=1S/C29H34N8O2/c1-20-11-14-35(25-17-24(33-34-29(25)30)23-5-2-3-6-26(23)38)15-16-36(20)28-10-12-31-27(32-28)7-4-13-37-21-8-9-22(37)19-39-18-21/h2-3,5-6,10,12,17,20-22,38H,8-9,11,13-16,18-19H2,1H3,(H2,30,34)/t20-,21?,22?/m1/s1.